The molecule has 26 heavy (non-hydrogen) atoms. The van der Waals surface area contributed by atoms with Crippen molar-refractivity contribution >= 4 is 0 Å². The van der Waals surface area contributed by atoms with Crippen LogP contribution in [0.3, 0.4) is 0 Å². The van der Waals surface area contributed by atoms with Crippen LogP contribution in [0.1, 0.15) is 24.0 Å². The molecular weight excluding hydrogens is 333 g/mol. The highest BCUT2D eigenvalue weighted by molar-refractivity contribution is 5.40. The summed E-state index contributed by atoms with van der Waals surface area (Å²) in [5, 5.41) is 11.4. The van der Waals surface area contributed by atoms with E-state index in [0.29, 0.717) is 31.6 Å². The van der Waals surface area contributed by atoms with Crippen LogP contribution in [-0.2, 0) is 16.9 Å². The van der Waals surface area contributed by atoms with E-state index >= 15 is 0 Å². The van der Waals surface area contributed by atoms with Crippen LogP contribution in [0.15, 0.2) is 48.5 Å². The van der Waals surface area contributed by atoms with Gasteiger partial charge in [-0.2, -0.15) is 0 Å². The number of nitrogens with zero attached hydrogens (tertiary/aromatic N) is 1. The van der Waals surface area contributed by atoms with Crippen LogP contribution in [0.5, 0.6) is 5.75 Å². The zero-order chi connectivity index (χ0) is 18.1. The van der Waals surface area contributed by atoms with Gasteiger partial charge in [-0.05, 0) is 24.5 Å². The van der Waals surface area contributed by atoms with E-state index in [4.69, 9.17) is 9.47 Å². The maximum absolute atomic E-state index is 14.2. The normalized spacial score (nSPS) is 28.7. The van der Waals surface area contributed by atoms with Gasteiger partial charge in [-0.15, -0.1) is 0 Å². The molecule has 2 aromatic rings. The number of hydrogen-bond acceptors (Lipinski definition) is 4. The molecule has 0 amide bonds. The molecule has 2 atom stereocenters. The number of hydrogen-bond donors (Lipinski definition) is 1. The SMILES string of the molecule is COc1c(F)cccc1C1(O)CC2COCC(C1)N2Cc1ccccc1. The van der Waals surface area contributed by atoms with Gasteiger partial charge in [0.2, 0.25) is 0 Å². The van der Waals surface area contributed by atoms with Crippen molar-refractivity contribution in [3.05, 3.63) is 65.5 Å². The van der Waals surface area contributed by atoms with E-state index in [-0.39, 0.29) is 17.8 Å². The molecule has 2 fully saturated rings. The van der Waals surface area contributed by atoms with E-state index < -0.39 is 11.4 Å². The van der Waals surface area contributed by atoms with E-state index in [1.165, 1.54) is 18.7 Å². The first-order valence-corrected chi connectivity index (χ1v) is 9.03. The monoisotopic (exact) mass is 357 g/mol. The van der Waals surface area contributed by atoms with Gasteiger partial charge in [0.25, 0.3) is 0 Å². The lowest BCUT2D eigenvalue weighted by Gasteiger charge is -2.52. The molecule has 2 aliphatic heterocycles. The highest BCUT2D eigenvalue weighted by atomic mass is 19.1. The minimum atomic E-state index is -1.11. The summed E-state index contributed by atoms with van der Waals surface area (Å²) >= 11 is 0. The van der Waals surface area contributed by atoms with Gasteiger partial charge in [-0.25, -0.2) is 4.39 Å². The summed E-state index contributed by atoms with van der Waals surface area (Å²) in [4.78, 5) is 2.42. The number of halogens is 1. The highest BCUT2D eigenvalue weighted by Crippen LogP contribution is 2.45. The van der Waals surface area contributed by atoms with Gasteiger partial charge in [-0.3, -0.25) is 4.90 Å². The Hall–Kier alpha value is -1.95. The molecule has 2 bridgehead atoms. The fraction of sp³-hybridized carbons (Fsp3) is 0.429. The Kier molecular flexibility index (Phi) is 4.69. The van der Waals surface area contributed by atoms with E-state index in [1.54, 1.807) is 12.1 Å². The molecule has 0 saturated carbocycles. The molecule has 2 aromatic carbocycles. The number of fused-ring (bicyclic) bond motifs is 2. The Labute approximate surface area is 153 Å². The number of methoxy groups -OCH3 is 1. The Morgan fingerprint density at radius 2 is 1.81 bits per heavy atom. The van der Waals surface area contributed by atoms with Crippen molar-refractivity contribution in [2.24, 2.45) is 0 Å². The topological polar surface area (TPSA) is 41.9 Å². The molecule has 0 radical (unpaired) electrons. The zero-order valence-corrected chi connectivity index (χ0v) is 14.9. The van der Waals surface area contributed by atoms with Gasteiger partial charge in [0.1, 0.15) is 0 Å². The lowest BCUT2D eigenvalue weighted by molar-refractivity contribution is -0.150. The van der Waals surface area contributed by atoms with Crippen LogP contribution in [0.25, 0.3) is 0 Å². The van der Waals surface area contributed by atoms with Crippen molar-refractivity contribution in [3.63, 3.8) is 0 Å². The lowest BCUT2D eigenvalue weighted by Crippen LogP contribution is -2.60. The summed E-state index contributed by atoms with van der Waals surface area (Å²) in [7, 11) is 1.44. The maximum atomic E-state index is 14.2. The molecule has 5 heteroatoms. The lowest BCUT2D eigenvalue weighted by atomic mass is 9.76. The van der Waals surface area contributed by atoms with Crippen LogP contribution in [-0.4, -0.2) is 42.4 Å². The summed E-state index contributed by atoms with van der Waals surface area (Å²) < 4.78 is 25.2. The van der Waals surface area contributed by atoms with Crippen LogP contribution in [0.2, 0.25) is 0 Å². The average molecular weight is 357 g/mol. The number of aliphatic hydroxyl groups is 1. The molecule has 2 aliphatic rings. The van der Waals surface area contributed by atoms with Gasteiger partial charge in [0.05, 0.1) is 25.9 Å². The van der Waals surface area contributed by atoms with E-state index in [0.717, 1.165) is 6.54 Å². The van der Waals surface area contributed by atoms with Gasteiger partial charge in [0, 0.05) is 24.2 Å². The smallest absolute Gasteiger partial charge is 0.165 e. The first kappa shape index (κ1) is 17.5. The Morgan fingerprint density at radius 1 is 1.12 bits per heavy atom. The number of para-hydroxylation sites is 1. The van der Waals surface area contributed by atoms with Crippen molar-refractivity contribution in [1.29, 1.82) is 0 Å². The highest BCUT2D eigenvalue weighted by Gasteiger charge is 2.48. The molecule has 138 valence electrons. The fourth-order valence-corrected chi connectivity index (χ4v) is 4.40. The van der Waals surface area contributed by atoms with E-state index in [2.05, 4.69) is 17.0 Å². The first-order chi connectivity index (χ1) is 12.6. The summed E-state index contributed by atoms with van der Waals surface area (Å²) in [6, 6.07) is 15.3. The molecular formula is C21H24FNO3. The Bertz CT molecular complexity index is 753. The molecule has 0 spiro atoms. The molecule has 2 unspecified atom stereocenters. The van der Waals surface area contributed by atoms with Crippen molar-refractivity contribution in [1.82, 2.24) is 4.90 Å². The minimum Gasteiger partial charge on any atom is -0.493 e. The first-order valence-electron chi connectivity index (χ1n) is 9.03. The third kappa shape index (κ3) is 3.11. The second kappa shape index (κ2) is 6.99. The maximum Gasteiger partial charge on any atom is 0.165 e. The van der Waals surface area contributed by atoms with Crippen molar-refractivity contribution in [2.75, 3.05) is 20.3 Å². The number of morpholine rings is 1. The van der Waals surface area contributed by atoms with Gasteiger partial charge in [0.15, 0.2) is 11.6 Å². The Balaban J connectivity index is 1.62. The molecule has 0 aliphatic carbocycles. The van der Waals surface area contributed by atoms with Gasteiger partial charge < -0.3 is 14.6 Å². The molecule has 2 saturated heterocycles. The second-order valence-electron chi connectivity index (χ2n) is 7.26. The molecule has 2 heterocycles. The summed E-state index contributed by atoms with van der Waals surface area (Å²) in [5.74, 6) is -0.294. The molecule has 0 aromatic heterocycles. The number of rotatable bonds is 4. The number of piperidine rings is 1. The predicted octanol–water partition coefficient (Wildman–Crippen LogP) is 3.09. The quantitative estimate of drug-likeness (QED) is 0.913. The fourth-order valence-electron chi connectivity index (χ4n) is 4.40. The van der Waals surface area contributed by atoms with Gasteiger partial charge >= 0.3 is 0 Å². The van der Waals surface area contributed by atoms with Crippen molar-refractivity contribution in [3.8, 4) is 5.75 Å². The van der Waals surface area contributed by atoms with E-state index in [9.17, 15) is 9.50 Å². The van der Waals surface area contributed by atoms with Crippen LogP contribution in [0.4, 0.5) is 4.39 Å². The minimum absolute atomic E-state index is 0.0840. The summed E-state index contributed by atoms with van der Waals surface area (Å²) in [6.07, 6.45) is 0.992. The second-order valence-corrected chi connectivity index (χ2v) is 7.26. The molecule has 4 nitrogen and oxygen atoms in total. The average Bonchev–Trinajstić information content (AvgIpc) is 2.63. The summed E-state index contributed by atoms with van der Waals surface area (Å²) in [5.41, 5.74) is 0.675. The number of benzene rings is 2. The number of ether oxygens (including phenoxy) is 2. The van der Waals surface area contributed by atoms with Crippen molar-refractivity contribution in [2.45, 2.75) is 37.1 Å². The van der Waals surface area contributed by atoms with Crippen molar-refractivity contribution < 1.29 is 19.0 Å². The summed E-state index contributed by atoms with van der Waals surface area (Å²) in [6.45, 7) is 1.97. The third-order valence-corrected chi connectivity index (χ3v) is 5.59. The van der Waals surface area contributed by atoms with Crippen LogP contribution in [0, 0.1) is 5.82 Å². The Morgan fingerprint density at radius 3 is 2.46 bits per heavy atom. The largest absolute Gasteiger partial charge is 0.493 e. The van der Waals surface area contributed by atoms with Gasteiger partial charge in [-0.1, -0.05) is 42.5 Å². The zero-order valence-electron chi connectivity index (χ0n) is 14.9. The standard InChI is InChI=1S/C21H24FNO3/c1-25-20-18(8-5-9-19(20)22)21(24)10-16-13-26-14-17(11-21)23(16)12-15-6-3-2-4-7-15/h2-9,16-17,24H,10-14H2,1H3. The van der Waals surface area contributed by atoms with Crippen LogP contribution >= 0.6 is 0 Å². The third-order valence-electron chi connectivity index (χ3n) is 5.59. The molecule has 4 rings (SSSR count). The molecule has 1 N–H and O–H groups in total. The predicted molar refractivity (Wildman–Crippen MR) is 96.5 cm³/mol. The van der Waals surface area contributed by atoms with Crippen LogP contribution < -0.4 is 4.74 Å². The van der Waals surface area contributed by atoms with E-state index in [1.807, 2.05) is 18.2 Å².